The van der Waals surface area contributed by atoms with E-state index < -0.39 is 0 Å². The van der Waals surface area contributed by atoms with Crippen LogP contribution in [-0.4, -0.2) is 25.4 Å². The largest absolute Gasteiger partial charge is 0.497 e. The van der Waals surface area contributed by atoms with Crippen molar-refractivity contribution < 1.29 is 9.47 Å². The lowest BCUT2D eigenvalue weighted by atomic mass is 9.89. The molecule has 2 atom stereocenters. The number of hydrogen-bond donors (Lipinski definition) is 2. The standard InChI is InChI=1S/C14H21BrN2O2/c1-14(6-3-7-19-14)13(17-16)9-10-8-11(18-2)4-5-12(10)15/h4-5,8,13,17H,3,6-7,9,16H2,1-2H3. The van der Waals surface area contributed by atoms with Gasteiger partial charge in [-0.3, -0.25) is 11.3 Å². The fourth-order valence-electron chi connectivity index (χ4n) is 2.58. The highest BCUT2D eigenvalue weighted by Gasteiger charge is 2.38. The van der Waals surface area contributed by atoms with E-state index in [-0.39, 0.29) is 11.6 Å². The maximum Gasteiger partial charge on any atom is 0.119 e. The summed E-state index contributed by atoms with van der Waals surface area (Å²) in [5.74, 6) is 6.58. The number of halogens is 1. The van der Waals surface area contributed by atoms with E-state index in [1.54, 1.807) is 7.11 Å². The molecule has 0 aromatic heterocycles. The summed E-state index contributed by atoms with van der Waals surface area (Å²) in [5, 5.41) is 0. The van der Waals surface area contributed by atoms with Gasteiger partial charge < -0.3 is 9.47 Å². The molecule has 19 heavy (non-hydrogen) atoms. The number of benzene rings is 1. The maximum atomic E-state index is 5.87. The van der Waals surface area contributed by atoms with Gasteiger partial charge in [0.1, 0.15) is 5.75 Å². The predicted octanol–water partition coefficient (Wildman–Crippen LogP) is 2.40. The van der Waals surface area contributed by atoms with E-state index in [4.69, 9.17) is 15.3 Å². The molecule has 1 aromatic carbocycles. The van der Waals surface area contributed by atoms with Crippen molar-refractivity contribution in [3.05, 3.63) is 28.2 Å². The van der Waals surface area contributed by atoms with E-state index in [0.29, 0.717) is 0 Å². The third-order valence-electron chi connectivity index (χ3n) is 3.86. The van der Waals surface area contributed by atoms with Gasteiger partial charge in [0.05, 0.1) is 18.8 Å². The number of nitrogens with one attached hydrogen (secondary N) is 1. The zero-order valence-corrected chi connectivity index (χ0v) is 13.0. The number of rotatable bonds is 5. The van der Waals surface area contributed by atoms with E-state index in [2.05, 4.69) is 28.3 Å². The first-order valence-electron chi connectivity index (χ1n) is 6.51. The smallest absolute Gasteiger partial charge is 0.119 e. The molecule has 0 radical (unpaired) electrons. The summed E-state index contributed by atoms with van der Waals surface area (Å²) in [7, 11) is 1.67. The second-order valence-electron chi connectivity index (χ2n) is 5.15. The Morgan fingerprint density at radius 1 is 1.58 bits per heavy atom. The summed E-state index contributed by atoms with van der Waals surface area (Å²) in [5.41, 5.74) is 3.88. The molecule has 0 aliphatic carbocycles. The second kappa shape index (κ2) is 6.22. The molecule has 0 saturated carbocycles. The van der Waals surface area contributed by atoms with Crippen LogP contribution in [0.25, 0.3) is 0 Å². The average Bonchev–Trinajstić information content (AvgIpc) is 2.85. The third-order valence-corrected chi connectivity index (χ3v) is 4.64. The van der Waals surface area contributed by atoms with Crippen LogP contribution in [0.4, 0.5) is 0 Å². The molecule has 3 N–H and O–H groups in total. The molecule has 0 spiro atoms. The van der Waals surface area contributed by atoms with Crippen molar-refractivity contribution in [1.82, 2.24) is 5.43 Å². The molecule has 2 rings (SSSR count). The minimum Gasteiger partial charge on any atom is -0.497 e. The molecule has 1 aliphatic heterocycles. The van der Waals surface area contributed by atoms with Gasteiger partial charge in [-0.15, -0.1) is 0 Å². The molecular formula is C14H21BrN2O2. The van der Waals surface area contributed by atoms with E-state index in [1.165, 1.54) is 5.56 Å². The molecule has 0 bridgehead atoms. The molecule has 1 heterocycles. The van der Waals surface area contributed by atoms with Crippen LogP contribution in [-0.2, 0) is 11.2 Å². The molecule has 1 aromatic rings. The van der Waals surface area contributed by atoms with Crippen molar-refractivity contribution in [3.63, 3.8) is 0 Å². The van der Waals surface area contributed by atoms with Gasteiger partial charge in [0.15, 0.2) is 0 Å². The van der Waals surface area contributed by atoms with Crippen molar-refractivity contribution >= 4 is 15.9 Å². The minimum absolute atomic E-state index is 0.0819. The summed E-state index contributed by atoms with van der Waals surface area (Å²) in [6, 6.07) is 6.05. The van der Waals surface area contributed by atoms with Crippen LogP contribution in [0.3, 0.4) is 0 Å². The van der Waals surface area contributed by atoms with Crippen LogP contribution in [0.1, 0.15) is 25.3 Å². The highest BCUT2D eigenvalue weighted by atomic mass is 79.9. The lowest BCUT2D eigenvalue weighted by molar-refractivity contribution is -0.0115. The highest BCUT2D eigenvalue weighted by Crippen LogP contribution is 2.32. The highest BCUT2D eigenvalue weighted by molar-refractivity contribution is 9.10. The quantitative estimate of drug-likeness (QED) is 0.643. The summed E-state index contributed by atoms with van der Waals surface area (Å²) in [6.07, 6.45) is 2.92. The van der Waals surface area contributed by atoms with Crippen LogP contribution >= 0.6 is 15.9 Å². The Balaban J connectivity index is 2.18. The van der Waals surface area contributed by atoms with Gasteiger partial charge in [-0.25, -0.2) is 0 Å². The molecule has 106 valence electrons. The van der Waals surface area contributed by atoms with Crippen LogP contribution in [0.15, 0.2) is 22.7 Å². The number of methoxy groups -OCH3 is 1. The Bertz CT molecular complexity index is 433. The Hall–Kier alpha value is -0.620. The van der Waals surface area contributed by atoms with Crippen LogP contribution in [0, 0.1) is 0 Å². The molecule has 5 heteroatoms. The molecule has 0 amide bonds. The van der Waals surface area contributed by atoms with Crippen LogP contribution in [0.2, 0.25) is 0 Å². The third kappa shape index (κ3) is 3.28. The topological polar surface area (TPSA) is 56.5 Å². The van der Waals surface area contributed by atoms with E-state index in [9.17, 15) is 0 Å². The monoisotopic (exact) mass is 328 g/mol. The normalized spacial score (nSPS) is 24.4. The molecule has 1 fully saturated rings. The van der Waals surface area contributed by atoms with Gasteiger partial charge in [-0.1, -0.05) is 15.9 Å². The first kappa shape index (κ1) is 14.8. The molecule has 1 saturated heterocycles. The van der Waals surface area contributed by atoms with Gasteiger partial charge in [0, 0.05) is 11.1 Å². The van der Waals surface area contributed by atoms with Gasteiger partial charge in [0.2, 0.25) is 0 Å². The van der Waals surface area contributed by atoms with Crippen molar-refractivity contribution in [2.45, 2.75) is 37.8 Å². The Morgan fingerprint density at radius 3 is 2.95 bits per heavy atom. The van der Waals surface area contributed by atoms with Crippen molar-refractivity contribution in [2.75, 3.05) is 13.7 Å². The first-order valence-corrected chi connectivity index (χ1v) is 7.31. The lowest BCUT2D eigenvalue weighted by Gasteiger charge is -2.33. The molecule has 2 unspecified atom stereocenters. The number of ether oxygens (including phenoxy) is 2. The fraction of sp³-hybridized carbons (Fsp3) is 0.571. The zero-order chi connectivity index (χ0) is 13.9. The van der Waals surface area contributed by atoms with E-state index in [1.807, 2.05) is 18.2 Å². The summed E-state index contributed by atoms with van der Waals surface area (Å²) in [4.78, 5) is 0. The van der Waals surface area contributed by atoms with Crippen molar-refractivity contribution in [1.29, 1.82) is 0 Å². The van der Waals surface area contributed by atoms with Crippen molar-refractivity contribution in [2.24, 2.45) is 5.84 Å². The van der Waals surface area contributed by atoms with Gasteiger partial charge in [-0.2, -0.15) is 0 Å². The first-order chi connectivity index (χ1) is 9.09. The van der Waals surface area contributed by atoms with E-state index >= 15 is 0 Å². The summed E-state index contributed by atoms with van der Waals surface area (Å²) >= 11 is 3.58. The number of hydrogen-bond acceptors (Lipinski definition) is 4. The van der Waals surface area contributed by atoms with Gasteiger partial charge in [0.25, 0.3) is 0 Å². The predicted molar refractivity (Wildman–Crippen MR) is 79.1 cm³/mol. The Labute approximate surface area is 122 Å². The molecule has 1 aliphatic rings. The fourth-order valence-corrected chi connectivity index (χ4v) is 2.99. The van der Waals surface area contributed by atoms with Crippen LogP contribution < -0.4 is 16.0 Å². The summed E-state index contributed by atoms with van der Waals surface area (Å²) < 4.78 is 12.2. The number of hydrazine groups is 1. The minimum atomic E-state index is -0.197. The van der Waals surface area contributed by atoms with E-state index in [0.717, 1.165) is 36.1 Å². The summed E-state index contributed by atoms with van der Waals surface area (Å²) in [6.45, 7) is 2.94. The number of nitrogens with two attached hydrogens (primary N) is 1. The Kier molecular flexibility index (Phi) is 4.84. The average molecular weight is 329 g/mol. The van der Waals surface area contributed by atoms with Crippen molar-refractivity contribution in [3.8, 4) is 5.75 Å². The lowest BCUT2D eigenvalue weighted by Crippen LogP contribution is -2.52. The second-order valence-corrected chi connectivity index (χ2v) is 6.00. The molecular weight excluding hydrogens is 308 g/mol. The SMILES string of the molecule is COc1ccc(Br)c(CC(NN)C2(C)CCCO2)c1. The zero-order valence-electron chi connectivity index (χ0n) is 11.4. The van der Waals surface area contributed by atoms with Gasteiger partial charge >= 0.3 is 0 Å². The Morgan fingerprint density at radius 2 is 2.37 bits per heavy atom. The van der Waals surface area contributed by atoms with Gasteiger partial charge in [-0.05, 0) is 49.9 Å². The molecule has 4 nitrogen and oxygen atoms in total. The maximum absolute atomic E-state index is 5.87. The van der Waals surface area contributed by atoms with Crippen LogP contribution in [0.5, 0.6) is 5.75 Å².